The molecule has 2 N–H and O–H groups in total. The zero-order chi connectivity index (χ0) is 10.8. The Morgan fingerprint density at radius 2 is 1.80 bits per heavy atom. The van der Waals surface area contributed by atoms with E-state index in [1.165, 1.54) is 50.2 Å². The van der Waals surface area contributed by atoms with Crippen LogP contribution < -0.4 is 5.32 Å². The third kappa shape index (κ3) is 7.20. The highest BCUT2D eigenvalue weighted by Gasteiger charge is 2.12. The summed E-state index contributed by atoms with van der Waals surface area (Å²) in [6.07, 6.45) is 7.48. The maximum Gasteiger partial charge on any atom is 0.0431 e. The van der Waals surface area contributed by atoms with E-state index in [1.807, 2.05) is 0 Å². The van der Waals surface area contributed by atoms with Gasteiger partial charge in [-0.3, -0.25) is 0 Å². The summed E-state index contributed by atoms with van der Waals surface area (Å²) in [7, 11) is 0. The zero-order valence-corrected chi connectivity index (χ0v) is 10.5. The van der Waals surface area contributed by atoms with E-state index in [0.717, 1.165) is 18.9 Å². The quantitative estimate of drug-likeness (QED) is 0.629. The van der Waals surface area contributed by atoms with Crippen LogP contribution in [0.15, 0.2) is 0 Å². The molecule has 3 heteroatoms. The lowest BCUT2D eigenvalue weighted by molar-refractivity contribution is 0.282. The maximum atomic E-state index is 8.62. The smallest absolute Gasteiger partial charge is 0.0431 e. The summed E-state index contributed by atoms with van der Waals surface area (Å²) in [5.74, 6) is 3.66. The van der Waals surface area contributed by atoms with Crippen LogP contribution in [0.1, 0.15) is 38.5 Å². The highest BCUT2D eigenvalue weighted by atomic mass is 32.2. The van der Waals surface area contributed by atoms with Crippen LogP contribution in [-0.4, -0.2) is 36.3 Å². The molecule has 1 aliphatic rings. The van der Waals surface area contributed by atoms with Crippen LogP contribution in [0, 0.1) is 5.92 Å². The number of thioether (sulfide) groups is 1. The van der Waals surface area contributed by atoms with Gasteiger partial charge in [-0.15, -0.1) is 0 Å². The molecule has 0 unspecified atom stereocenters. The fraction of sp³-hybridized carbons (Fsp3) is 1.00. The standard InChI is InChI=1S/C12H25NOS/c14-8-4-2-1-3-7-13-11-12-5-9-15-10-6-12/h12-14H,1-11H2. The molecule has 0 atom stereocenters. The normalized spacial score (nSPS) is 18.2. The number of aliphatic hydroxyl groups is 1. The summed E-state index contributed by atoms with van der Waals surface area (Å²) in [5.41, 5.74) is 0. The van der Waals surface area contributed by atoms with Crippen LogP contribution in [0.5, 0.6) is 0 Å². The van der Waals surface area contributed by atoms with E-state index in [1.54, 1.807) is 0 Å². The maximum absolute atomic E-state index is 8.62. The van der Waals surface area contributed by atoms with Crippen molar-refractivity contribution in [3.05, 3.63) is 0 Å². The van der Waals surface area contributed by atoms with Crippen LogP contribution in [0.3, 0.4) is 0 Å². The van der Waals surface area contributed by atoms with Gasteiger partial charge in [0.1, 0.15) is 0 Å². The van der Waals surface area contributed by atoms with E-state index in [0.29, 0.717) is 6.61 Å². The van der Waals surface area contributed by atoms with Crippen LogP contribution in [0.2, 0.25) is 0 Å². The van der Waals surface area contributed by atoms with Gasteiger partial charge < -0.3 is 10.4 Å². The first-order chi connectivity index (χ1) is 7.43. The van der Waals surface area contributed by atoms with Gasteiger partial charge in [0.2, 0.25) is 0 Å². The van der Waals surface area contributed by atoms with Gasteiger partial charge in [-0.05, 0) is 56.2 Å². The highest BCUT2D eigenvalue weighted by Crippen LogP contribution is 2.21. The van der Waals surface area contributed by atoms with Crippen molar-refractivity contribution in [1.82, 2.24) is 5.32 Å². The molecule has 0 aromatic carbocycles. The first-order valence-electron chi connectivity index (χ1n) is 6.33. The minimum absolute atomic E-state index is 0.354. The molecule has 15 heavy (non-hydrogen) atoms. The molecule has 0 aliphatic carbocycles. The van der Waals surface area contributed by atoms with Gasteiger partial charge in [-0.25, -0.2) is 0 Å². The molecule has 0 bridgehead atoms. The number of aliphatic hydroxyl groups excluding tert-OH is 1. The molecule has 0 aromatic rings. The van der Waals surface area contributed by atoms with Crippen molar-refractivity contribution in [2.24, 2.45) is 5.92 Å². The summed E-state index contributed by atoms with van der Waals surface area (Å²) in [6, 6.07) is 0. The van der Waals surface area contributed by atoms with Gasteiger partial charge in [0, 0.05) is 6.61 Å². The molecule has 1 aliphatic heterocycles. The van der Waals surface area contributed by atoms with Crippen molar-refractivity contribution in [3.8, 4) is 0 Å². The molecule has 0 saturated carbocycles. The largest absolute Gasteiger partial charge is 0.396 e. The van der Waals surface area contributed by atoms with E-state index in [4.69, 9.17) is 5.11 Å². The van der Waals surface area contributed by atoms with Crippen LogP contribution >= 0.6 is 11.8 Å². The molecule has 1 fully saturated rings. The molecule has 2 nitrogen and oxygen atoms in total. The summed E-state index contributed by atoms with van der Waals surface area (Å²) >= 11 is 2.10. The molecule has 0 aromatic heterocycles. The average molecular weight is 231 g/mol. The zero-order valence-electron chi connectivity index (χ0n) is 9.71. The lowest BCUT2D eigenvalue weighted by atomic mass is 10.0. The predicted octanol–water partition coefficient (Wildman–Crippen LogP) is 2.27. The Hall–Kier alpha value is 0.270. The monoisotopic (exact) mass is 231 g/mol. The van der Waals surface area contributed by atoms with Crippen molar-refractivity contribution in [2.75, 3.05) is 31.2 Å². The Bertz CT molecular complexity index is 138. The van der Waals surface area contributed by atoms with Crippen LogP contribution in [0.25, 0.3) is 0 Å². The first kappa shape index (κ1) is 13.3. The van der Waals surface area contributed by atoms with E-state index in [-0.39, 0.29) is 0 Å². The van der Waals surface area contributed by atoms with Gasteiger partial charge >= 0.3 is 0 Å². The minimum Gasteiger partial charge on any atom is -0.396 e. The van der Waals surface area contributed by atoms with Crippen molar-refractivity contribution >= 4 is 11.8 Å². The second-order valence-corrected chi connectivity index (χ2v) is 5.62. The van der Waals surface area contributed by atoms with Gasteiger partial charge in [0.15, 0.2) is 0 Å². The van der Waals surface area contributed by atoms with E-state index < -0.39 is 0 Å². The first-order valence-corrected chi connectivity index (χ1v) is 7.48. The molecule has 1 heterocycles. The topological polar surface area (TPSA) is 32.3 Å². The Morgan fingerprint density at radius 1 is 1.07 bits per heavy atom. The molecule has 90 valence electrons. The molecule has 1 rings (SSSR count). The Labute approximate surface area is 98.2 Å². The van der Waals surface area contributed by atoms with Crippen molar-refractivity contribution in [3.63, 3.8) is 0 Å². The van der Waals surface area contributed by atoms with Crippen LogP contribution in [0.4, 0.5) is 0 Å². The number of hydrogen-bond acceptors (Lipinski definition) is 3. The van der Waals surface area contributed by atoms with Crippen LogP contribution in [-0.2, 0) is 0 Å². The number of rotatable bonds is 8. The SMILES string of the molecule is OCCCCCCNCC1CCSCC1. The fourth-order valence-electron chi connectivity index (χ4n) is 1.97. The lowest BCUT2D eigenvalue weighted by Gasteiger charge is -2.21. The van der Waals surface area contributed by atoms with E-state index >= 15 is 0 Å². The Morgan fingerprint density at radius 3 is 2.53 bits per heavy atom. The lowest BCUT2D eigenvalue weighted by Crippen LogP contribution is -2.26. The Kier molecular flexibility index (Phi) is 8.44. The molecular formula is C12H25NOS. The Balaban J connectivity index is 1.79. The molecule has 0 spiro atoms. The van der Waals surface area contributed by atoms with Gasteiger partial charge in [-0.2, -0.15) is 11.8 Å². The van der Waals surface area contributed by atoms with E-state index in [9.17, 15) is 0 Å². The third-order valence-electron chi connectivity index (χ3n) is 3.04. The minimum atomic E-state index is 0.354. The summed E-state index contributed by atoms with van der Waals surface area (Å²) < 4.78 is 0. The van der Waals surface area contributed by atoms with Gasteiger partial charge in [0.25, 0.3) is 0 Å². The van der Waals surface area contributed by atoms with Crippen molar-refractivity contribution in [1.29, 1.82) is 0 Å². The molecule has 0 amide bonds. The molecular weight excluding hydrogens is 206 g/mol. The van der Waals surface area contributed by atoms with Crippen molar-refractivity contribution < 1.29 is 5.11 Å². The van der Waals surface area contributed by atoms with Gasteiger partial charge in [0.05, 0.1) is 0 Å². The third-order valence-corrected chi connectivity index (χ3v) is 4.08. The predicted molar refractivity (Wildman–Crippen MR) is 68.5 cm³/mol. The number of unbranched alkanes of at least 4 members (excludes halogenated alkanes) is 3. The second-order valence-electron chi connectivity index (χ2n) is 4.40. The summed E-state index contributed by atoms with van der Waals surface area (Å²) in [4.78, 5) is 0. The average Bonchev–Trinajstić information content (AvgIpc) is 2.29. The van der Waals surface area contributed by atoms with Crippen molar-refractivity contribution in [2.45, 2.75) is 38.5 Å². The highest BCUT2D eigenvalue weighted by molar-refractivity contribution is 7.99. The number of nitrogens with one attached hydrogen (secondary N) is 1. The van der Waals surface area contributed by atoms with E-state index in [2.05, 4.69) is 17.1 Å². The summed E-state index contributed by atoms with van der Waals surface area (Å²) in [6.45, 7) is 2.74. The second kappa shape index (κ2) is 9.49. The van der Waals surface area contributed by atoms with Gasteiger partial charge in [-0.1, -0.05) is 12.8 Å². The summed E-state index contributed by atoms with van der Waals surface area (Å²) in [5, 5.41) is 12.2. The number of hydrogen-bond donors (Lipinski definition) is 2. The fourth-order valence-corrected chi connectivity index (χ4v) is 3.18. The molecule has 1 saturated heterocycles. The molecule has 0 radical (unpaired) electrons.